The molecule has 0 bridgehead atoms. The van der Waals surface area contributed by atoms with Crippen molar-refractivity contribution in [3.05, 3.63) is 34.1 Å². The van der Waals surface area contributed by atoms with Crippen LogP contribution in [0, 0.1) is 15.9 Å². The van der Waals surface area contributed by atoms with Crippen molar-refractivity contribution >= 4 is 18.3 Å². The summed E-state index contributed by atoms with van der Waals surface area (Å²) >= 11 is 0. The molecule has 0 unspecified atom stereocenters. The Labute approximate surface area is 72.7 Å². The van der Waals surface area contributed by atoms with E-state index in [0.717, 1.165) is 18.2 Å². The maximum absolute atomic E-state index is 12.8. The van der Waals surface area contributed by atoms with Crippen molar-refractivity contribution in [2.24, 2.45) is 0 Å². The summed E-state index contributed by atoms with van der Waals surface area (Å²) in [6, 6.07) is 3.12. The van der Waals surface area contributed by atoms with Gasteiger partial charge in [-0.05, 0) is 6.07 Å². The van der Waals surface area contributed by atoms with E-state index in [4.69, 9.17) is 10.0 Å². The summed E-state index contributed by atoms with van der Waals surface area (Å²) in [6.45, 7) is 0. The molecule has 0 aromatic heterocycles. The Morgan fingerprint density at radius 3 is 2.46 bits per heavy atom. The van der Waals surface area contributed by atoms with Gasteiger partial charge in [0.1, 0.15) is 0 Å². The van der Waals surface area contributed by atoms with Crippen LogP contribution in [0.3, 0.4) is 0 Å². The smallest absolute Gasteiger partial charge is 0.423 e. The third-order valence-corrected chi connectivity index (χ3v) is 1.48. The molecule has 1 aromatic rings. The van der Waals surface area contributed by atoms with E-state index in [-0.39, 0.29) is 0 Å². The normalized spacial score (nSPS) is 9.77. The third kappa shape index (κ3) is 1.82. The van der Waals surface area contributed by atoms with E-state index in [1.165, 1.54) is 0 Å². The third-order valence-electron chi connectivity index (χ3n) is 1.48. The van der Waals surface area contributed by atoms with Gasteiger partial charge in [0.2, 0.25) is 0 Å². The van der Waals surface area contributed by atoms with Crippen LogP contribution in [-0.2, 0) is 0 Å². The maximum atomic E-state index is 12.8. The second-order valence-corrected chi connectivity index (χ2v) is 2.31. The number of nitro groups is 1. The van der Waals surface area contributed by atoms with Crippen LogP contribution in [0.2, 0.25) is 0 Å². The van der Waals surface area contributed by atoms with Gasteiger partial charge in [0.15, 0.2) is 5.82 Å². The van der Waals surface area contributed by atoms with Crippen LogP contribution in [0.4, 0.5) is 10.1 Å². The Kier molecular flexibility index (Phi) is 2.59. The summed E-state index contributed by atoms with van der Waals surface area (Å²) in [6.07, 6.45) is 0. The molecule has 1 rings (SSSR count). The molecule has 2 N–H and O–H groups in total. The van der Waals surface area contributed by atoms with E-state index in [2.05, 4.69) is 0 Å². The minimum absolute atomic E-state index is 0.454. The molecular weight excluding hydrogens is 180 g/mol. The first-order chi connectivity index (χ1) is 6.04. The summed E-state index contributed by atoms with van der Waals surface area (Å²) in [5.41, 5.74) is -1.36. The molecule has 1 aromatic carbocycles. The first kappa shape index (κ1) is 9.62. The van der Waals surface area contributed by atoms with Gasteiger partial charge < -0.3 is 10.0 Å². The average Bonchev–Trinajstić information content (AvgIpc) is 2.02. The van der Waals surface area contributed by atoms with Crippen LogP contribution in [0.25, 0.3) is 0 Å². The molecule has 0 saturated carbocycles. The fourth-order valence-corrected chi connectivity index (χ4v) is 0.933. The fraction of sp³-hybridized carbons (Fsp3) is 0. The van der Waals surface area contributed by atoms with Gasteiger partial charge in [0.25, 0.3) is 0 Å². The molecule has 0 saturated heterocycles. The maximum Gasteiger partial charge on any atom is 0.495 e. The minimum atomic E-state index is -2.05. The van der Waals surface area contributed by atoms with Crippen molar-refractivity contribution in [1.29, 1.82) is 0 Å². The predicted octanol–water partition coefficient (Wildman–Crippen LogP) is -0.586. The molecule has 0 aliphatic rings. The molecule has 0 radical (unpaired) electrons. The van der Waals surface area contributed by atoms with Gasteiger partial charge in [-0.3, -0.25) is 10.1 Å². The highest BCUT2D eigenvalue weighted by Crippen LogP contribution is 2.13. The van der Waals surface area contributed by atoms with Crippen LogP contribution in [-0.4, -0.2) is 22.1 Å². The quantitative estimate of drug-likeness (QED) is 0.366. The number of nitro benzene ring substituents is 1. The number of hydrogen-bond donors (Lipinski definition) is 2. The highest BCUT2D eigenvalue weighted by molar-refractivity contribution is 6.60. The largest absolute Gasteiger partial charge is 0.495 e. The van der Waals surface area contributed by atoms with Crippen LogP contribution in [0.5, 0.6) is 0 Å². The van der Waals surface area contributed by atoms with E-state index in [1.54, 1.807) is 0 Å². The highest BCUT2D eigenvalue weighted by atomic mass is 19.1. The van der Waals surface area contributed by atoms with Crippen molar-refractivity contribution in [2.75, 3.05) is 0 Å². The lowest BCUT2D eigenvalue weighted by Crippen LogP contribution is -2.32. The zero-order chi connectivity index (χ0) is 10.0. The van der Waals surface area contributed by atoms with Crippen LogP contribution in [0.1, 0.15) is 0 Å². The van der Waals surface area contributed by atoms with Crippen molar-refractivity contribution in [3.63, 3.8) is 0 Å². The van der Waals surface area contributed by atoms with Gasteiger partial charge in [-0.1, -0.05) is 12.1 Å². The summed E-state index contributed by atoms with van der Waals surface area (Å²) in [5, 5.41) is 27.6. The minimum Gasteiger partial charge on any atom is -0.423 e. The molecular formula is C6H5BFNO4. The Morgan fingerprint density at radius 2 is 2.08 bits per heavy atom. The summed E-state index contributed by atoms with van der Waals surface area (Å²) in [4.78, 5) is 9.29. The molecule has 7 heteroatoms. The van der Waals surface area contributed by atoms with Gasteiger partial charge in [-0.25, -0.2) is 0 Å². The van der Waals surface area contributed by atoms with Crippen molar-refractivity contribution in [3.8, 4) is 0 Å². The van der Waals surface area contributed by atoms with E-state index < -0.39 is 29.0 Å². The molecule has 68 valence electrons. The van der Waals surface area contributed by atoms with E-state index >= 15 is 0 Å². The van der Waals surface area contributed by atoms with E-state index in [1.807, 2.05) is 0 Å². The second kappa shape index (κ2) is 3.50. The molecule has 0 amide bonds. The van der Waals surface area contributed by atoms with Gasteiger partial charge in [-0.2, -0.15) is 4.39 Å². The molecule has 0 aliphatic carbocycles. The Morgan fingerprint density at radius 1 is 1.46 bits per heavy atom. The topological polar surface area (TPSA) is 83.6 Å². The lowest BCUT2D eigenvalue weighted by Gasteiger charge is -2.00. The molecule has 0 heterocycles. The SMILES string of the molecule is O=[N+]([O-])c1c(F)cccc1B(O)O. The Bertz CT molecular complexity index is 343. The molecule has 0 aliphatic heterocycles. The zero-order valence-corrected chi connectivity index (χ0v) is 6.35. The summed E-state index contributed by atoms with van der Waals surface area (Å²) < 4.78 is 12.8. The number of benzene rings is 1. The van der Waals surface area contributed by atoms with Crippen molar-refractivity contribution in [2.45, 2.75) is 0 Å². The Hall–Kier alpha value is -1.47. The van der Waals surface area contributed by atoms with Crippen molar-refractivity contribution < 1.29 is 19.4 Å². The average molecular weight is 185 g/mol. The van der Waals surface area contributed by atoms with Crippen LogP contribution < -0.4 is 5.46 Å². The van der Waals surface area contributed by atoms with Gasteiger partial charge in [0, 0.05) is 0 Å². The lowest BCUT2D eigenvalue weighted by atomic mass is 9.79. The molecule has 5 nitrogen and oxygen atoms in total. The number of rotatable bonds is 2. The first-order valence-corrected chi connectivity index (χ1v) is 3.33. The monoisotopic (exact) mass is 185 g/mol. The Balaban J connectivity index is 3.34. The predicted molar refractivity (Wildman–Crippen MR) is 42.9 cm³/mol. The zero-order valence-electron chi connectivity index (χ0n) is 6.35. The fourth-order valence-electron chi connectivity index (χ4n) is 0.933. The lowest BCUT2D eigenvalue weighted by molar-refractivity contribution is -0.386. The number of para-hydroxylation sites is 1. The standard InChI is InChI=1S/C6H5BFNO4/c8-5-3-1-2-4(7(10)11)6(5)9(12)13/h1-3,10-11H. The van der Waals surface area contributed by atoms with Crippen molar-refractivity contribution in [1.82, 2.24) is 0 Å². The molecule has 13 heavy (non-hydrogen) atoms. The number of halogens is 1. The molecule has 0 fully saturated rings. The summed E-state index contributed by atoms with van der Waals surface area (Å²) in [7, 11) is -2.05. The second-order valence-electron chi connectivity index (χ2n) is 2.31. The van der Waals surface area contributed by atoms with E-state index in [9.17, 15) is 14.5 Å². The van der Waals surface area contributed by atoms with Gasteiger partial charge in [-0.15, -0.1) is 0 Å². The van der Waals surface area contributed by atoms with E-state index in [0.29, 0.717) is 0 Å². The number of nitrogens with zero attached hydrogens (tertiary/aromatic N) is 1. The van der Waals surface area contributed by atoms with Gasteiger partial charge in [0.05, 0.1) is 10.4 Å². The van der Waals surface area contributed by atoms with Gasteiger partial charge >= 0.3 is 12.8 Å². The first-order valence-electron chi connectivity index (χ1n) is 3.33. The molecule has 0 atom stereocenters. The highest BCUT2D eigenvalue weighted by Gasteiger charge is 2.27. The summed E-state index contributed by atoms with van der Waals surface area (Å²) in [5.74, 6) is -1.09. The van der Waals surface area contributed by atoms with Crippen LogP contribution in [0.15, 0.2) is 18.2 Å². The number of hydrogen-bond acceptors (Lipinski definition) is 4. The van der Waals surface area contributed by atoms with Crippen LogP contribution >= 0.6 is 0 Å². The molecule has 0 spiro atoms.